The second-order valence-electron chi connectivity index (χ2n) is 6.91. The van der Waals surface area contributed by atoms with Crippen molar-refractivity contribution in [1.29, 1.82) is 0 Å². The second kappa shape index (κ2) is 8.64. The average Bonchev–Trinajstić information content (AvgIpc) is 3.11. The van der Waals surface area contributed by atoms with Crippen molar-refractivity contribution < 1.29 is 18.4 Å². The van der Waals surface area contributed by atoms with E-state index in [1.165, 1.54) is 36.4 Å². The van der Waals surface area contributed by atoms with E-state index in [1.807, 2.05) is 6.92 Å². The molecule has 0 bridgehead atoms. The third kappa shape index (κ3) is 4.66. The number of hydrogen-bond acceptors (Lipinski definition) is 6. The number of hydrogen-bond donors (Lipinski definition) is 1. The van der Waals surface area contributed by atoms with E-state index in [1.54, 1.807) is 36.0 Å². The lowest BCUT2D eigenvalue weighted by Gasteiger charge is -2.27. The molecule has 158 valence electrons. The fourth-order valence-electron chi connectivity index (χ4n) is 3.01. The molecular weight excluding hydrogens is 408 g/mol. The number of anilines is 1. The molecule has 1 aromatic heterocycles. The molecule has 30 heavy (non-hydrogen) atoms. The number of rotatable bonds is 8. The Morgan fingerprint density at radius 3 is 2.50 bits per heavy atom. The van der Waals surface area contributed by atoms with Crippen molar-refractivity contribution in [2.45, 2.75) is 31.4 Å². The van der Waals surface area contributed by atoms with Gasteiger partial charge in [0.05, 0.1) is 34.7 Å². The van der Waals surface area contributed by atoms with Gasteiger partial charge >= 0.3 is 0 Å². The monoisotopic (exact) mass is 430 g/mol. The van der Waals surface area contributed by atoms with Crippen LogP contribution >= 0.6 is 0 Å². The predicted octanol–water partition coefficient (Wildman–Crippen LogP) is 2.66. The molecule has 0 spiro atoms. The van der Waals surface area contributed by atoms with E-state index < -0.39 is 21.1 Å². The van der Waals surface area contributed by atoms with Gasteiger partial charge in [0.25, 0.3) is 15.7 Å². The Kier molecular flexibility index (Phi) is 6.18. The molecule has 0 unspecified atom stereocenters. The number of aliphatic hydroxyl groups is 1. The van der Waals surface area contributed by atoms with Crippen molar-refractivity contribution in [2.24, 2.45) is 0 Å². The maximum Gasteiger partial charge on any atom is 0.271 e. The molecule has 0 radical (unpaired) electrons. The summed E-state index contributed by atoms with van der Waals surface area (Å²) in [4.78, 5) is 14.7. The highest BCUT2D eigenvalue weighted by atomic mass is 32.2. The first-order valence-corrected chi connectivity index (χ1v) is 10.6. The standard InChI is InChI=1S/C20H22N4O5S/c1-15-6-8-20(9-7-15)30(28,29)23(17-4-3-5-18(12-17)24(26)27)14-19(25)13-22-11-10-21-16(22)2/h3-12,19,25H,13-14H2,1-2H3/t19-/m1/s1. The molecule has 3 aromatic rings. The first-order valence-electron chi connectivity index (χ1n) is 9.18. The number of aliphatic hydroxyl groups excluding tert-OH is 1. The highest BCUT2D eigenvalue weighted by Crippen LogP contribution is 2.27. The molecule has 0 aliphatic heterocycles. The Morgan fingerprint density at radius 2 is 1.90 bits per heavy atom. The van der Waals surface area contributed by atoms with Gasteiger partial charge in [0.2, 0.25) is 0 Å². The minimum atomic E-state index is -4.07. The van der Waals surface area contributed by atoms with E-state index in [2.05, 4.69) is 4.98 Å². The maximum atomic E-state index is 13.4. The van der Waals surface area contributed by atoms with Gasteiger partial charge in [-0.05, 0) is 32.0 Å². The molecule has 3 rings (SSSR count). The summed E-state index contributed by atoms with van der Waals surface area (Å²) in [7, 11) is -4.07. The van der Waals surface area contributed by atoms with Gasteiger partial charge in [-0.1, -0.05) is 23.8 Å². The molecule has 10 heteroatoms. The van der Waals surface area contributed by atoms with Crippen molar-refractivity contribution in [2.75, 3.05) is 10.8 Å². The van der Waals surface area contributed by atoms with E-state index >= 15 is 0 Å². The fourth-order valence-corrected chi connectivity index (χ4v) is 4.51. The minimum absolute atomic E-state index is 0.0330. The summed E-state index contributed by atoms with van der Waals surface area (Å²) < 4.78 is 29.4. The van der Waals surface area contributed by atoms with Crippen LogP contribution in [0.4, 0.5) is 11.4 Å². The van der Waals surface area contributed by atoms with Crippen LogP contribution in [-0.4, -0.2) is 40.6 Å². The van der Waals surface area contributed by atoms with Crippen molar-refractivity contribution in [3.63, 3.8) is 0 Å². The van der Waals surface area contributed by atoms with Crippen LogP contribution in [-0.2, 0) is 16.6 Å². The minimum Gasteiger partial charge on any atom is -0.389 e. The number of imidazole rings is 1. The Bertz CT molecular complexity index is 1140. The number of nitro groups is 1. The normalized spacial score (nSPS) is 12.5. The van der Waals surface area contributed by atoms with Crippen LogP contribution in [0.15, 0.2) is 65.8 Å². The summed E-state index contributed by atoms with van der Waals surface area (Å²) in [6.07, 6.45) is 2.20. The highest BCUT2D eigenvalue weighted by molar-refractivity contribution is 7.92. The van der Waals surface area contributed by atoms with Crippen LogP contribution < -0.4 is 4.31 Å². The van der Waals surface area contributed by atoms with Crippen LogP contribution in [0.5, 0.6) is 0 Å². The highest BCUT2D eigenvalue weighted by Gasteiger charge is 2.28. The summed E-state index contributed by atoms with van der Waals surface area (Å²) in [6, 6.07) is 11.6. The number of sulfonamides is 1. The quantitative estimate of drug-likeness (QED) is 0.433. The third-order valence-electron chi connectivity index (χ3n) is 4.65. The molecule has 9 nitrogen and oxygen atoms in total. The molecule has 1 N–H and O–H groups in total. The van der Waals surface area contributed by atoms with Crippen molar-refractivity contribution >= 4 is 21.4 Å². The Morgan fingerprint density at radius 1 is 1.20 bits per heavy atom. The summed E-state index contributed by atoms with van der Waals surface area (Å²) in [6.45, 7) is 3.45. The van der Waals surface area contributed by atoms with Gasteiger partial charge in [0.15, 0.2) is 0 Å². The summed E-state index contributed by atoms with van der Waals surface area (Å²) in [5, 5.41) is 21.8. The zero-order chi connectivity index (χ0) is 21.9. The van der Waals surface area contributed by atoms with E-state index in [0.717, 1.165) is 9.87 Å². The smallest absolute Gasteiger partial charge is 0.271 e. The number of nitrogens with zero attached hydrogens (tertiary/aromatic N) is 4. The van der Waals surface area contributed by atoms with E-state index in [9.17, 15) is 23.6 Å². The number of aromatic nitrogens is 2. The zero-order valence-corrected chi connectivity index (χ0v) is 17.4. The Hall–Kier alpha value is -3.24. The van der Waals surface area contributed by atoms with Gasteiger partial charge in [-0.15, -0.1) is 0 Å². The van der Waals surface area contributed by atoms with Gasteiger partial charge in [-0.2, -0.15) is 0 Å². The number of nitro benzene ring substituents is 1. The lowest BCUT2D eigenvalue weighted by atomic mass is 10.2. The maximum absolute atomic E-state index is 13.4. The van der Waals surface area contributed by atoms with Crippen LogP contribution in [0.25, 0.3) is 0 Å². The van der Waals surface area contributed by atoms with Crippen LogP contribution in [0, 0.1) is 24.0 Å². The molecule has 1 atom stereocenters. The summed E-state index contributed by atoms with van der Waals surface area (Å²) in [5.41, 5.74) is 0.759. The first-order chi connectivity index (χ1) is 14.2. The van der Waals surface area contributed by atoms with Crippen LogP contribution in [0.3, 0.4) is 0 Å². The molecule has 1 heterocycles. The predicted molar refractivity (Wildman–Crippen MR) is 112 cm³/mol. The van der Waals surface area contributed by atoms with Crippen molar-refractivity contribution in [3.8, 4) is 0 Å². The summed E-state index contributed by atoms with van der Waals surface area (Å²) in [5.74, 6) is 0.678. The molecule has 0 saturated heterocycles. The number of benzene rings is 2. The Labute approximate surface area is 174 Å². The molecule has 0 aliphatic rings. The van der Waals surface area contributed by atoms with E-state index in [0.29, 0.717) is 5.82 Å². The topological polar surface area (TPSA) is 119 Å². The lowest BCUT2D eigenvalue weighted by molar-refractivity contribution is -0.384. The molecule has 0 amide bonds. The third-order valence-corrected chi connectivity index (χ3v) is 6.45. The molecule has 0 saturated carbocycles. The van der Waals surface area contributed by atoms with Gasteiger partial charge in [0, 0.05) is 24.5 Å². The first kappa shape index (κ1) is 21.5. The van der Waals surface area contributed by atoms with Gasteiger partial charge in [-0.3, -0.25) is 14.4 Å². The SMILES string of the molecule is Cc1ccc(S(=O)(=O)N(C[C@H](O)Cn2ccnc2C)c2cccc([N+](=O)[O-])c2)cc1. The number of non-ortho nitro benzene ring substituents is 1. The van der Waals surface area contributed by atoms with E-state index in [4.69, 9.17) is 0 Å². The molecule has 2 aromatic carbocycles. The number of aryl methyl sites for hydroxylation is 2. The van der Waals surface area contributed by atoms with Gasteiger partial charge < -0.3 is 9.67 Å². The van der Waals surface area contributed by atoms with Crippen molar-refractivity contribution in [3.05, 3.63) is 82.4 Å². The van der Waals surface area contributed by atoms with E-state index in [-0.39, 0.29) is 29.4 Å². The fraction of sp³-hybridized carbons (Fsp3) is 0.250. The van der Waals surface area contributed by atoms with Gasteiger partial charge in [-0.25, -0.2) is 13.4 Å². The van der Waals surface area contributed by atoms with Gasteiger partial charge in [0.1, 0.15) is 5.82 Å². The summed E-state index contributed by atoms with van der Waals surface area (Å²) >= 11 is 0. The lowest BCUT2D eigenvalue weighted by Crippen LogP contribution is -2.39. The second-order valence-corrected chi connectivity index (χ2v) is 8.77. The molecule has 0 aliphatic carbocycles. The Balaban J connectivity index is 2.00. The molecular formula is C20H22N4O5S. The van der Waals surface area contributed by atoms with Crippen LogP contribution in [0.1, 0.15) is 11.4 Å². The van der Waals surface area contributed by atoms with Crippen molar-refractivity contribution in [1.82, 2.24) is 9.55 Å². The molecule has 0 fully saturated rings. The largest absolute Gasteiger partial charge is 0.389 e. The average molecular weight is 430 g/mol. The zero-order valence-electron chi connectivity index (χ0n) is 16.5. The van der Waals surface area contributed by atoms with Crippen LogP contribution in [0.2, 0.25) is 0 Å².